The van der Waals surface area contributed by atoms with Gasteiger partial charge in [0.05, 0.1) is 10.0 Å². The third-order valence-corrected chi connectivity index (χ3v) is 3.37. The van der Waals surface area contributed by atoms with E-state index in [2.05, 4.69) is 21.2 Å². The Hall–Kier alpha value is -1.88. The van der Waals surface area contributed by atoms with Crippen LogP contribution in [0.2, 0.25) is 0 Å². The third-order valence-electron chi connectivity index (χ3n) is 2.56. The summed E-state index contributed by atoms with van der Waals surface area (Å²) in [5.74, 6) is -0.724. The molecule has 0 aromatic heterocycles. The zero-order valence-electron chi connectivity index (χ0n) is 9.86. The van der Waals surface area contributed by atoms with E-state index in [0.29, 0.717) is 0 Å². The number of aromatic hydroxyl groups is 1. The van der Waals surface area contributed by atoms with Crippen LogP contribution in [0.15, 0.2) is 46.9 Å². The fourth-order valence-electron chi connectivity index (χ4n) is 1.62. The second kappa shape index (κ2) is 5.84. The van der Waals surface area contributed by atoms with Gasteiger partial charge in [-0.2, -0.15) is 0 Å². The molecule has 0 heterocycles. The van der Waals surface area contributed by atoms with E-state index >= 15 is 0 Å². The molecule has 0 saturated heterocycles. The number of carbonyl (C=O) groups is 1. The molecular weight excluding hydrogens is 313 g/mol. The molecule has 0 spiro atoms. The number of halogens is 2. The number of carbonyl (C=O) groups excluding carboxylic acids is 1. The van der Waals surface area contributed by atoms with Crippen molar-refractivity contribution in [2.24, 2.45) is 0 Å². The molecule has 0 bridgehead atoms. The fraction of sp³-hybridized carbons (Fsp3) is 0.0714. The third kappa shape index (κ3) is 3.32. The number of nitrogens with one attached hydrogen (secondary N) is 1. The lowest BCUT2D eigenvalue weighted by Crippen LogP contribution is -2.23. The first kappa shape index (κ1) is 13.5. The van der Waals surface area contributed by atoms with Gasteiger partial charge in [-0.25, -0.2) is 4.39 Å². The number of amides is 1. The van der Waals surface area contributed by atoms with Crippen LogP contribution in [-0.4, -0.2) is 11.0 Å². The van der Waals surface area contributed by atoms with E-state index in [0.717, 1.165) is 5.56 Å². The Morgan fingerprint density at radius 3 is 2.74 bits per heavy atom. The van der Waals surface area contributed by atoms with Crippen molar-refractivity contribution in [1.29, 1.82) is 0 Å². The molecule has 0 unspecified atom stereocenters. The number of hydrogen-bond donors (Lipinski definition) is 2. The van der Waals surface area contributed by atoms with Crippen molar-refractivity contribution in [2.75, 3.05) is 0 Å². The molecule has 1 amide bonds. The van der Waals surface area contributed by atoms with Crippen molar-refractivity contribution in [3.8, 4) is 5.75 Å². The second-order valence-electron chi connectivity index (χ2n) is 3.95. The van der Waals surface area contributed by atoms with Crippen molar-refractivity contribution >= 4 is 21.8 Å². The van der Waals surface area contributed by atoms with Crippen molar-refractivity contribution in [2.45, 2.75) is 6.54 Å². The minimum atomic E-state index is -0.481. The molecule has 5 heteroatoms. The van der Waals surface area contributed by atoms with Gasteiger partial charge in [-0.1, -0.05) is 18.2 Å². The first-order chi connectivity index (χ1) is 9.08. The monoisotopic (exact) mass is 323 g/mol. The Morgan fingerprint density at radius 2 is 2.00 bits per heavy atom. The molecule has 2 N–H and O–H groups in total. The molecule has 2 aromatic carbocycles. The smallest absolute Gasteiger partial charge is 0.252 e. The van der Waals surface area contributed by atoms with Crippen LogP contribution in [0.25, 0.3) is 0 Å². The van der Waals surface area contributed by atoms with Gasteiger partial charge >= 0.3 is 0 Å². The van der Waals surface area contributed by atoms with Crippen LogP contribution in [0, 0.1) is 5.82 Å². The van der Waals surface area contributed by atoms with Gasteiger partial charge < -0.3 is 10.4 Å². The summed E-state index contributed by atoms with van der Waals surface area (Å²) < 4.78 is 13.4. The number of phenols is 1. The predicted molar refractivity (Wildman–Crippen MR) is 73.4 cm³/mol. The van der Waals surface area contributed by atoms with Crippen LogP contribution in [0.4, 0.5) is 4.39 Å². The highest BCUT2D eigenvalue weighted by atomic mass is 79.9. The van der Waals surface area contributed by atoms with Crippen molar-refractivity contribution < 1.29 is 14.3 Å². The highest BCUT2D eigenvalue weighted by molar-refractivity contribution is 9.10. The molecule has 0 aliphatic rings. The Labute approximate surface area is 118 Å². The Balaban J connectivity index is 2.08. The molecule has 0 aliphatic heterocycles. The largest absolute Gasteiger partial charge is 0.508 e. The molecule has 0 saturated carbocycles. The summed E-state index contributed by atoms with van der Waals surface area (Å²) in [4.78, 5) is 11.9. The minimum Gasteiger partial charge on any atom is -0.508 e. The van der Waals surface area contributed by atoms with Crippen molar-refractivity contribution in [1.82, 2.24) is 5.32 Å². The summed E-state index contributed by atoms with van der Waals surface area (Å²) >= 11 is 3.04. The van der Waals surface area contributed by atoms with Gasteiger partial charge in [0, 0.05) is 6.54 Å². The van der Waals surface area contributed by atoms with Crippen molar-refractivity contribution in [3.05, 3.63) is 63.9 Å². The summed E-state index contributed by atoms with van der Waals surface area (Å²) in [7, 11) is 0. The molecule has 2 rings (SSSR count). The van der Waals surface area contributed by atoms with Crippen molar-refractivity contribution in [3.63, 3.8) is 0 Å². The maximum absolute atomic E-state index is 13.3. The SMILES string of the molecule is O=C(NCc1cccc(O)c1)c1cccc(F)c1Br. The fourth-order valence-corrected chi connectivity index (χ4v) is 2.07. The summed E-state index contributed by atoms with van der Waals surface area (Å²) in [6.45, 7) is 0.260. The highest BCUT2D eigenvalue weighted by Gasteiger charge is 2.12. The zero-order chi connectivity index (χ0) is 13.8. The van der Waals surface area contributed by atoms with Gasteiger partial charge in [-0.05, 0) is 45.8 Å². The van der Waals surface area contributed by atoms with E-state index in [9.17, 15) is 14.3 Å². The lowest BCUT2D eigenvalue weighted by atomic mass is 10.2. The number of rotatable bonds is 3. The maximum Gasteiger partial charge on any atom is 0.252 e. The van der Waals surface area contributed by atoms with Crippen LogP contribution < -0.4 is 5.32 Å². The summed E-state index contributed by atoms with van der Waals surface area (Å²) in [5.41, 5.74) is 1.00. The molecular formula is C14H11BrFNO2. The molecule has 3 nitrogen and oxygen atoms in total. The van der Waals surface area contributed by atoms with E-state index in [-0.39, 0.29) is 28.2 Å². The van der Waals surface area contributed by atoms with Gasteiger partial charge in [-0.15, -0.1) is 0 Å². The molecule has 0 radical (unpaired) electrons. The van der Waals surface area contributed by atoms with Gasteiger partial charge in [0.25, 0.3) is 5.91 Å². The first-order valence-corrected chi connectivity index (χ1v) is 6.37. The number of hydrogen-bond acceptors (Lipinski definition) is 2. The van der Waals surface area contributed by atoms with E-state index in [1.807, 2.05) is 0 Å². The Morgan fingerprint density at radius 1 is 1.26 bits per heavy atom. The average Bonchev–Trinajstić information content (AvgIpc) is 2.39. The highest BCUT2D eigenvalue weighted by Crippen LogP contribution is 2.20. The van der Waals surface area contributed by atoms with E-state index in [1.54, 1.807) is 24.3 Å². The lowest BCUT2D eigenvalue weighted by molar-refractivity contribution is 0.0949. The van der Waals surface area contributed by atoms with Gasteiger partial charge in [0.1, 0.15) is 11.6 Å². The second-order valence-corrected chi connectivity index (χ2v) is 4.75. The predicted octanol–water partition coefficient (Wildman–Crippen LogP) is 3.22. The molecule has 19 heavy (non-hydrogen) atoms. The standard InChI is InChI=1S/C14H11BrFNO2/c15-13-11(5-2-6-12(13)16)14(19)17-8-9-3-1-4-10(18)7-9/h1-7,18H,8H2,(H,17,19). The summed E-state index contributed by atoms with van der Waals surface area (Å²) in [6, 6.07) is 10.9. The number of phenolic OH excluding ortho intramolecular Hbond substituents is 1. The Kier molecular flexibility index (Phi) is 4.16. The Bertz CT molecular complexity index is 616. The van der Waals surface area contributed by atoms with Crippen LogP contribution >= 0.6 is 15.9 Å². The van der Waals surface area contributed by atoms with E-state index in [1.165, 1.54) is 18.2 Å². The van der Waals surface area contributed by atoms with E-state index < -0.39 is 5.82 Å². The van der Waals surface area contributed by atoms with Gasteiger partial charge in [0.2, 0.25) is 0 Å². The molecule has 0 atom stereocenters. The maximum atomic E-state index is 13.3. The van der Waals surface area contributed by atoms with Crippen LogP contribution in [0.5, 0.6) is 5.75 Å². The van der Waals surface area contributed by atoms with Crippen LogP contribution in [0.1, 0.15) is 15.9 Å². The van der Waals surface area contributed by atoms with Gasteiger partial charge in [-0.3, -0.25) is 4.79 Å². The van der Waals surface area contributed by atoms with Crippen LogP contribution in [-0.2, 0) is 6.54 Å². The average molecular weight is 324 g/mol. The molecule has 0 fully saturated rings. The topological polar surface area (TPSA) is 49.3 Å². The quantitative estimate of drug-likeness (QED) is 0.911. The zero-order valence-corrected chi connectivity index (χ0v) is 11.4. The van der Waals surface area contributed by atoms with E-state index in [4.69, 9.17) is 0 Å². The molecule has 0 aliphatic carbocycles. The summed E-state index contributed by atoms with van der Waals surface area (Å²) in [6.07, 6.45) is 0. The van der Waals surface area contributed by atoms with Gasteiger partial charge in [0.15, 0.2) is 0 Å². The number of benzene rings is 2. The first-order valence-electron chi connectivity index (χ1n) is 5.58. The molecule has 2 aromatic rings. The molecule has 98 valence electrons. The minimum absolute atomic E-state index is 0.138. The summed E-state index contributed by atoms with van der Waals surface area (Å²) in [5, 5.41) is 12.0. The lowest BCUT2D eigenvalue weighted by Gasteiger charge is -2.07. The van der Waals surface area contributed by atoms with Crippen LogP contribution in [0.3, 0.4) is 0 Å². The normalized spacial score (nSPS) is 10.2.